The first kappa shape index (κ1) is 22.7. The van der Waals surface area contributed by atoms with Gasteiger partial charge < -0.3 is 20.2 Å². The molecule has 0 spiro atoms. The molecule has 0 radical (unpaired) electrons. The Morgan fingerprint density at radius 2 is 1.89 bits per heavy atom. The summed E-state index contributed by atoms with van der Waals surface area (Å²) in [4.78, 5) is 13.7. The zero-order chi connectivity index (χ0) is 19.4. The molecule has 1 saturated heterocycles. The molecule has 2 aromatic rings. The summed E-state index contributed by atoms with van der Waals surface area (Å²) in [6, 6.07) is 7.52. The number of nitrogens with one attached hydrogen (secondary N) is 1. The van der Waals surface area contributed by atoms with Crippen LogP contribution in [-0.4, -0.2) is 54.2 Å². The summed E-state index contributed by atoms with van der Waals surface area (Å²) in [6.07, 6.45) is 0. The van der Waals surface area contributed by atoms with Crippen LogP contribution in [0.25, 0.3) is 0 Å². The molecule has 1 aromatic heterocycles. The number of phenolic OH excluding ortho intramolecular Hbond substituents is 1. The Morgan fingerprint density at radius 3 is 2.46 bits per heavy atom. The topological polar surface area (TPSA) is 64.0 Å². The summed E-state index contributed by atoms with van der Waals surface area (Å²) in [5, 5.41) is 16.7. The van der Waals surface area contributed by atoms with E-state index < -0.39 is 0 Å². The van der Waals surface area contributed by atoms with E-state index in [4.69, 9.17) is 4.98 Å². The predicted octanol–water partition coefficient (Wildman–Crippen LogP) is 3.66. The zero-order valence-corrected chi connectivity index (χ0v) is 20.1. The molecule has 1 aliphatic rings. The van der Waals surface area contributed by atoms with Gasteiger partial charge in [-0.25, -0.2) is 4.98 Å². The molecule has 8 heteroatoms. The van der Waals surface area contributed by atoms with Crippen LogP contribution in [0.1, 0.15) is 31.5 Å². The standard InChI is InChI=1S/C20H29N5OS.HI/c1-20(2,3)17-14-27-18(23-17)13-22-19(21-4)25-11-9-24(10-12-25)15-7-5-6-8-16(15)26;/h5-8,14,26H,9-13H2,1-4H3,(H,21,22);1H. The van der Waals surface area contributed by atoms with Crippen LogP contribution in [0.15, 0.2) is 34.6 Å². The van der Waals surface area contributed by atoms with E-state index in [0.717, 1.165) is 48.5 Å². The highest BCUT2D eigenvalue weighted by molar-refractivity contribution is 14.0. The van der Waals surface area contributed by atoms with Gasteiger partial charge in [-0.3, -0.25) is 4.99 Å². The maximum Gasteiger partial charge on any atom is 0.194 e. The molecular formula is C20H30IN5OS. The minimum Gasteiger partial charge on any atom is -0.506 e. The number of anilines is 1. The number of para-hydroxylation sites is 2. The molecule has 28 heavy (non-hydrogen) atoms. The van der Waals surface area contributed by atoms with Crippen LogP contribution in [0, 0.1) is 0 Å². The van der Waals surface area contributed by atoms with Crippen LogP contribution in [0.4, 0.5) is 5.69 Å². The van der Waals surface area contributed by atoms with Gasteiger partial charge in [-0.05, 0) is 12.1 Å². The van der Waals surface area contributed by atoms with Crippen LogP contribution in [0.3, 0.4) is 0 Å². The Labute approximate surface area is 188 Å². The Balaban J connectivity index is 0.00000280. The lowest BCUT2D eigenvalue weighted by atomic mass is 9.93. The van der Waals surface area contributed by atoms with E-state index in [2.05, 4.69) is 46.3 Å². The van der Waals surface area contributed by atoms with Gasteiger partial charge in [0.25, 0.3) is 0 Å². The Morgan fingerprint density at radius 1 is 1.21 bits per heavy atom. The number of hydrogen-bond acceptors (Lipinski definition) is 5. The summed E-state index contributed by atoms with van der Waals surface area (Å²) < 4.78 is 0. The zero-order valence-electron chi connectivity index (χ0n) is 17.0. The molecule has 154 valence electrons. The Hall–Kier alpha value is -1.55. The lowest BCUT2D eigenvalue weighted by Gasteiger charge is -2.37. The quantitative estimate of drug-likeness (QED) is 0.371. The van der Waals surface area contributed by atoms with Crippen molar-refractivity contribution in [3.05, 3.63) is 40.3 Å². The third kappa shape index (κ3) is 5.50. The Kier molecular flexibility index (Phi) is 7.94. The van der Waals surface area contributed by atoms with E-state index >= 15 is 0 Å². The molecule has 0 atom stereocenters. The van der Waals surface area contributed by atoms with E-state index in [1.165, 1.54) is 0 Å². The molecule has 6 nitrogen and oxygen atoms in total. The third-order valence-electron chi connectivity index (χ3n) is 4.73. The molecule has 1 fully saturated rings. The van der Waals surface area contributed by atoms with E-state index in [-0.39, 0.29) is 29.4 Å². The lowest BCUT2D eigenvalue weighted by Crippen LogP contribution is -2.52. The average Bonchev–Trinajstić information content (AvgIpc) is 3.13. The monoisotopic (exact) mass is 515 g/mol. The van der Waals surface area contributed by atoms with Gasteiger partial charge >= 0.3 is 0 Å². The maximum atomic E-state index is 10.1. The number of nitrogens with zero attached hydrogens (tertiary/aromatic N) is 4. The van der Waals surface area contributed by atoms with Gasteiger partial charge in [0.2, 0.25) is 0 Å². The highest BCUT2D eigenvalue weighted by Gasteiger charge is 2.22. The summed E-state index contributed by atoms with van der Waals surface area (Å²) in [5.74, 6) is 1.24. The minimum absolute atomic E-state index is 0. The summed E-state index contributed by atoms with van der Waals surface area (Å²) in [6.45, 7) is 10.7. The third-order valence-corrected chi connectivity index (χ3v) is 5.58. The molecule has 2 N–H and O–H groups in total. The molecule has 0 saturated carbocycles. The first-order chi connectivity index (χ1) is 12.9. The fourth-order valence-electron chi connectivity index (χ4n) is 3.11. The molecule has 0 aliphatic carbocycles. The second kappa shape index (κ2) is 9.78. The van der Waals surface area contributed by atoms with Crippen LogP contribution < -0.4 is 10.2 Å². The van der Waals surface area contributed by atoms with Gasteiger partial charge in [-0.2, -0.15) is 0 Å². The molecule has 1 aromatic carbocycles. The van der Waals surface area contributed by atoms with Crippen LogP contribution in [-0.2, 0) is 12.0 Å². The number of aromatic hydroxyl groups is 1. The Bertz CT molecular complexity index is 794. The van der Waals surface area contributed by atoms with Crippen LogP contribution >= 0.6 is 35.3 Å². The fourth-order valence-corrected chi connectivity index (χ4v) is 4.07. The number of aromatic nitrogens is 1. The number of phenols is 1. The molecule has 0 amide bonds. The summed E-state index contributed by atoms with van der Waals surface area (Å²) in [5.41, 5.74) is 2.11. The van der Waals surface area contributed by atoms with Crippen molar-refractivity contribution in [2.45, 2.75) is 32.7 Å². The molecular weight excluding hydrogens is 485 g/mol. The van der Waals surface area contributed by atoms with E-state index in [1.54, 1.807) is 17.4 Å². The number of benzene rings is 1. The van der Waals surface area contributed by atoms with Crippen molar-refractivity contribution in [1.29, 1.82) is 0 Å². The normalized spacial score (nSPS) is 15.4. The smallest absolute Gasteiger partial charge is 0.194 e. The van der Waals surface area contributed by atoms with Crippen LogP contribution in [0.2, 0.25) is 0 Å². The number of halogens is 1. The largest absolute Gasteiger partial charge is 0.506 e. The van der Waals surface area contributed by atoms with Crippen molar-refractivity contribution in [3.63, 3.8) is 0 Å². The van der Waals surface area contributed by atoms with Gasteiger partial charge in [-0.15, -0.1) is 35.3 Å². The highest BCUT2D eigenvalue weighted by Crippen LogP contribution is 2.27. The van der Waals surface area contributed by atoms with Crippen molar-refractivity contribution in [2.24, 2.45) is 4.99 Å². The van der Waals surface area contributed by atoms with Crippen LogP contribution in [0.5, 0.6) is 5.75 Å². The number of piperazine rings is 1. The van der Waals surface area contributed by atoms with Gasteiger partial charge in [0.05, 0.1) is 17.9 Å². The first-order valence-electron chi connectivity index (χ1n) is 9.32. The number of guanidine groups is 1. The number of hydrogen-bond donors (Lipinski definition) is 2. The van der Waals surface area contributed by atoms with Crippen molar-refractivity contribution in [2.75, 3.05) is 38.1 Å². The predicted molar refractivity (Wildman–Crippen MR) is 128 cm³/mol. The second-order valence-corrected chi connectivity index (χ2v) is 8.68. The van der Waals surface area contributed by atoms with E-state index in [9.17, 15) is 5.11 Å². The van der Waals surface area contributed by atoms with E-state index in [0.29, 0.717) is 12.3 Å². The van der Waals surface area contributed by atoms with E-state index in [1.807, 2.05) is 25.2 Å². The lowest BCUT2D eigenvalue weighted by molar-refractivity contribution is 0.369. The van der Waals surface area contributed by atoms with Crippen molar-refractivity contribution in [3.8, 4) is 5.75 Å². The number of thiazole rings is 1. The van der Waals surface area contributed by atoms with Gasteiger partial charge in [0.15, 0.2) is 5.96 Å². The molecule has 0 unspecified atom stereocenters. The molecule has 2 heterocycles. The van der Waals surface area contributed by atoms with Crippen molar-refractivity contribution in [1.82, 2.24) is 15.2 Å². The molecule has 0 bridgehead atoms. The first-order valence-corrected chi connectivity index (χ1v) is 10.2. The van der Waals surface area contributed by atoms with Gasteiger partial charge in [0.1, 0.15) is 10.8 Å². The number of rotatable bonds is 3. The highest BCUT2D eigenvalue weighted by atomic mass is 127. The molecule has 3 rings (SSSR count). The number of aliphatic imine (C=N–C) groups is 1. The maximum absolute atomic E-state index is 10.1. The second-order valence-electron chi connectivity index (χ2n) is 7.74. The molecule has 1 aliphatic heterocycles. The van der Waals surface area contributed by atoms with Crippen molar-refractivity contribution < 1.29 is 5.11 Å². The summed E-state index contributed by atoms with van der Waals surface area (Å²) in [7, 11) is 1.82. The fraction of sp³-hybridized carbons (Fsp3) is 0.500. The van der Waals surface area contributed by atoms with Gasteiger partial charge in [-0.1, -0.05) is 32.9 Å². The SMILES string of the molecule is CN=C(NCc1nc(C(C)(C)C)cs1)N1CCN(c2ccccc2O)CC1.I. The van der Waals surface area contributed by atoms with Gasteiger partial charge in [0, 0.05) is 44.0 Å². The average molecular weight is 515 g/mol. The minimum atomic E-state index is 0. The van der Waals surface area contributed by atoms with Crippen molar-refractivity contribution >= 4 is 47.0 Å². The summed E-state index contributed by atoms with van der Waals surface area (Å²) >= 11 is 1.69.